The highest BCUT2D eigenvalue weighted by atomic mass is 16.7. The zero-order chi connectivity index (χ0) is 20.4. The minimum Gasteiger partial charge on any atom is -0.508 e. The summed E-state index contributed by atoms with van der Waals surface area (Å²) in [6.07, 6.45) is 8.43. The predicted octanol–water partition coefficient (Wildman–Crippen LogP) is 4.07. The highest BCUT2D eigenvalue weighted by Gasteiger charge is 2.35. The van der Waals surface area contributed by atoms with Crippen molar-refractivity contribution in [1.29, 1.82) is 0 Å². The maximum absolute atomic E-state index is 13.1. The van der Waals surface area contributed by atoms with Gasteiger partial charge in [-0.2, -0.15) is 0 Å². The largest absolute Gasteiger partial charge is 0.508 e. The third-order valence-corrected chi connectivity index (χ3v) is 6.21. The highest BCUT2D eigenvalue weighted by Crippen LogP contribution is 2.31. The van der Waals surface area contributed by atoms with Crippen LogP contribution in [-0.4, -0.2) is 46.7 Å². The van der Waals surface area contributed by atoms with Crippen LogP contribution in [0.25, 0.3) is 0 Å². The summed E-state index contributed by atoms with van der Waals surface area (Å²) in [5.41, 5.74) is 5.07. The number of rotatable bonds is 3. The van der Waals surface area contributed by atoms with Crippen LogP contribution in [0, 0.1) is 12.8 Å². The van der Waals surface area contributed by atoms with Crippen molar-refractivity contribution in [3.8, 4) is 0 Å². The molecule has 29 heavy (non-hydrogen) atoms. The summed E-state index contributed by atoms with van der Waals surface area (Å²) in [5, 5.41) is 11.2. The summed E-state index contributed by atoms with van der Waals surface area (Å²) in [7, 11) is 0. The number of hydrogen-bond acceptors (Lipinski definition) is 4. The Morgan fingerprint density at radius 3 is 2.55 bits per heavy atom. The van der Waals surface area contributed by atoms with E-state index in [-0.39, 0.29) is 17.9 Å². The van der Waals surface area contributed by atoms with Gasteiger partial charge in [0.15, 0.2) is 0 Å². The first-order valence-corrected chi connectivity index (χ1v) is 10.6. The van der Waals surface area contributed by atoms with E-state index >= 15 is 0 Å². The lowest BCUT2D eigenvalue weighted by molar-refractivity contribution is -0.212. The minimum atomic E-state index is -0.0935. The number of carbonyl (C=O) groups is 1. The van der Waals surface area contributed by atoms with Gasteiger partial charge < -0.3 is 5.11 Å². The number of piperidine rings is 1. The lowest BCUT2D eigenvalue weighted by Crippen LogP contribution is -2.54. The number of aryl methyl sites for hydroxylation is 1. The fourth-order valence-electron chi connectivity index (χ4n) is 4.51. The van der Waals surface area contributed by atoms with Crippen LogP contribution in [0.5, 0.6) is 0 Å². The number of hydrogen-bond donors (Lipinski definition) is 1. The highest BCUT2D eigenvalue weighted by molar-refractivity contribution is 5.81. The van der Waals surface area contributed by atoms with Gasteiger partial charge in [-0.15, -0.1) is 0 Å². The quantitative estimate of drug-likeness (QED) is 0.840. The van der Waals surface area contributed by atoms with E-state index in [1.165, 1.54) is 16.7 Å². The van der Waals surface area contributed by atoms with E-state index in [1.54, 1.807) is 11.1 Å². The topological polar surface area (TPSA) is 53.0 Å². The molecular formula is C24H30N2O3. The second-order valence-corrected chi connectivity index (χ2v) is 8.31. The predicted molar refractivity (Wildman–Crippen MR) is 113 cm³/mol. The Morgan fingerprint density at radius 1 is 1.14 bits per heavy atom. The maximum Gasteiger partial charge on any atom is 0.263 e. The molecule has 2 fully saturated rings. The number of benzene rings is 1. The van der Waals surface area contributed by atoms with Crippen LogP contribution in [0.3, 0.4) is 0 Å². The van der Waals surface area contributed by atoms with Crippen LogP contribution >= 0.6 is 0 Å². The van der Waals surface area contributed by atoms with Crippen molar-refractivity contribution < 1.29 is 14.7 Å². The molecule has 154 valence electrons. The van der Waals surface area contributed by atoms with Crippen molar-refractivity contribution in [2.24, 2.45) is 5.92 Å². The molecule has 2 heterocycles. The van der Waals surface area contributed by atoms with Crippen molar-refractivity contribution in [3.63, 3.8) is 0 Å². The molecule has 0 saturated carbocycles. The molecule has 5 nitrogen and oxygen atoms in total. The normalized spacial score (nSPS) is 26.1. The van der Waals surface area contributed by atoms with Gasteiger partial charge in [0.05, 0.1) is 19.2 Å². The molecule has 0 radical (unpaired) electrons. The van der Waals surface area contributed by atoms with Crippen LogP contribution in [0.15, 0.2) is 59.4 Å². The van der Waals surface area contributed by atoms with E-state index in [0.29, 0.717) is 18.9 Å². The Balaban J connectivity index is 1.38. The van der Waals surface area contributed by atoms with Crippen molar-refractivity contribution in [1.82, 2.24) is 9.96 Å². The second-order valence-electron chi connectivity index (χ2n) is 8.31. The molecule has 3 aliphatic rings. The molecule has 0 aromatic heterocycles. The first kappa shape index (κ1) is 19.9. The number of hydroxylamine groups is 2. The lowest BCUT2D eigenvalue weighted by atomic mass is 9.87. The van der Waals surface area contributed by atoms with E-state index in [1.807, 2.05) is 12.2 Å². The smallest absolute Gasteiger partial charge is 0.263 e. The third-order valence-electron chi connectivity index (χ3n) is 6.21. The van der Waals surface area contributed by atoms with E-state index in [4.69, 9.17) is 4.84 Å². The van der Waals surface area contributed by atoms with Crippen LogP contribution in [0.1, 0.15) is 37.3 Å². The maximum atomic E-state index is 13.1. The van der Waals surface area contributed by atoms with Gasteiger partial charge in [-0.05, 0) is 49.5 Å². The van der Waals surface area contributed by atoms with Crippen LogP contribution in [0.2, 0.25) is 0 Å². The number of allylic oxidation sites excluding steroid dienone is 4. The van der Waals surface area contributed by atoms with Gasteiger partial charge in [0.1, 0.15) is 5.76 Å². The Bertz CT molecular complexity index is 843. The van der Waals surface area contributed by atoms with E-state index in [2.05, 4.69) is 43.0 Å². The van der Waals surface area contributed by atoms with Crippen molar-refractivity contribution in [3.05, 3.63) is 70.5 Å². The molecule has 2 aliphatic heterocycles. The molecule has 2 atom stereocenters. The fourth-order valence-corrected chi connectivity index (χ4v) is 4.51. The van der Waals surface area contributed by atoms with Crippen LogP contribution in [0.4, 0.5) is 0 Å². The molecule has 1 aliphatic carbocycles. The monoisotopic (exact) mass is 394 g/mol. The Labute approximate surface area is 172 Å². The molecule has 1 N–H and O–H groups in total. The third kappa shape index (κ3) is 4.46. The average molecular weight is 395 g/mol. The molecule has 4 rings (SSSR count). The minimum absolute atomic E-state index is 0.0757. The van der Waals surface area contributed by atoms with Gasteiger partial charge in [0.2, 0.25) is 0 Å². The standard InChI is InChI=1S/C24H30N2O3/c1-17-3-5-19(6-4-17)16-26-24(28)23(11-14-29-26)25-12-9-20(10-13-25)22-8-7-21(27)15-18(22)2/h3-8,15,18,23,27H,9-14,16H2,1-2H3. The van der Waals surface area contributed by atoms with E-state index in [0.717, 1.165) is 37.9 Å². The number of aliphatic hydroxyl groups is 1. The Hall–Kier alpha value is -2.37. The van der Waals surface area contributed by atoms with Gasteiger partial charge in [-0.1, -0.05) is 48.4 Å². The molecular weight excluding hydrogens is 364 g/mol. The number of nitrogens with zero attached hydrogens (tertiary/aromatic N) is 2. The first-order chi connectivity index (χ1) is 14.0. The second kappa shape index (κ2) is 8.56. The molecule has 5 heteroatoms. The zero-order valence-corrected chi connectivity index (χ0v) is 17.3. The summed E-state index contributed by atoms with van der Waals surface area (Å²) in [6.45, 7) is 7.05. The van der Waals surface area contributed by atoms with Gasteiger partial charge in [-0.3, -0.25) is 14.5 Å². The van der Waals surface area contributed by atoms with Gasteiger partial charge in [0.25, 0.3) is 5.91 Å². The zero-order valence-electron chi connectivity index (χ0n) is 17.3. The summed E-state index contributed by atoms with van der Waals surface area (Å²) in [4.78, 5) is 21.1. The van der Waals surface area contributed by atoms with Gasteiger partial charge in [-0.25, -0.2) is 5.06 Å². The van der Waals surface area contributed by atoms with Crippen molar-refractivity contribution in [2.45, 2.75) is 45.7 Å². The number of carbonyl (C=O) groups excluding carboxylic acids is 1. The molecule has 0 spiro atoms. The fraction of sp³-hybridized carbons (Fsp3) is 0.458. The molecule has 1 aromatic carbocycles. The van der Waals surface area contributed by atoms with Crippen LogP contribution in [-0.2, 0) is 16.2 Å². The lowest BCUT2D eigenvalue weighted by Gasteiger charge is -2.40. The van der Waals surface area contributed by atoms with Crippen LogP contribution < -0.4 is 0 Å². The SMILES string of the molecule is Cc1ccc(CN2OCCC(N3CCC(=C4C=CC(O)=CC4C)CC3)C2=O)cc1. The molecule has 2 saturated heterocycles. The first-order valence-electron chi connectivity index (χ1n) is 10.6. The molecule has 0 bridgehead atoms. The van der Waals surface area contributed by atoms with E-state index in [9.17, 15) is 9.90 Å². The molecule has 1 aromatic rings. The molecule has 1 amide bonds. The van der Waals surface area contributed by atoms with E-state index < -0.39 is 0 Å². The van der Waals surface area contributed by atoms with Gasteiger partial charge >= 0.3 is 0 Å². The summed E-state index contributed by atoms with van der Waals surface area (Å²) >= 11 is 0. The summed E-state index contributed by atoms with van der Waals surface area (Å²) in [6, 6.07) is 8.15. The number of likely N-dealkylation sites (tertiary alicyclic amines) is 1. The summed E-state index contributed by atoms with van der Waals surface area (Å²) in [5.74, 6) is 0.670. The summed E-state index contributed by atoms with van der Waals surface area (Å²) < 4.78 is 0. The number of amides is 1. The Morgan fingerprint density at radius 2 is 1.86 bits per heavy atom. The molecule has 2 unspecified atom stereocenters. The van der Waals surface area contributed by atoms with Crippen molar-refractivity contribution >= 4 is 5.91 Å². The van der Waals surface area contributed by atoms with Crippen molar-refractivity contribution in [2.75, 3.05) is 19.7 Å². The van der Waals surface area contributed by atoms with Gasteiger partial charge in [0, 0.05) is 19.0 Å². The number of aliphatic hydroxyl groups excluding tert-OH is 1. The Kier molecular flexibility index (Phi) is 5.88. The average Bonchev–Trinajstić information content (AvgIpc) is 2.72.